The van der Waals surface area contributed by atoms with Crippen LogP contribution in [0.5, 0.6) is 0 Å². The lowest BCUT2D eigenvalue weighted by atomic mass is 9.96. The number of rotatable bonds is 3. The lowest BCUT2D eigenvalue weighted by molar-refractivity contribution is -0.929. The lowest BCUT2D eigenvalue weighted by Gasteiger charge is -2.29. The van der Waals surface area contributed by atoms with E-state index in [1.165, 1.54) is 16.0 Å². The third kappa shape index (κ3) is 2.47. The number of hydrogen-bond donors (Lipinski definition) is 2. The summed E-state index contributed by atoms with van der Waals surface area (Å²) in [6.45, 7) is 4.02. The van der Waals surface area contributed by atoms with Crippen molar-refractivity contribution in [1.29, 1.82) is 0 Å². The first kappa shape index (κ1) is 14.2. The topological polar surface area (TPSA) is 37.3 Å². The molecule has 1 aliphatic heterocycles. The molecule has 0 radical (unpaired) electrons. The molecular weight excluding hydrogens is 284 g/mol. The highest BCUT2D eigenvalue weighted by Gasteiger charge is 2.30. The number of carbonyl (C=O) groups is 1. The van der Waals surface area contributed by atoms with Crippen molar-refractivity contribution in [2.24, 2.45) is 0 Å². The van der Waals surface area contributed by atoms with Crippen LogP contribution in [0.3, 0.4) is 0 Å². The maximum atomic E-state index is 13.0. The summed E-state index contributed by atoms with van der Waals surface area (Å²) in [4.78, 5) is 17.6. The second-order valence-corrected chi connectivity index (χ2v) is 6.44. The number of nitrogens with one attached hydrogen (secondary N) is 2. The minimum absolute atomic E-state index is 0.0254. The van der Waals surface area contributed by atoms with Crippen molar-refractivity contribution in [3.05, 3.63) is 71.4 Å². The summed E-state index contributed by atoms with van der Waals surface area (Å²) in [6.07, 6.45) is 2.91. The van der Waals surface area contributed by atoms with Crippen LogP contribution < -0.4 is 4.90 Å². The maximum Gasteiger partial charge on any atom is 0.221 e. The van der Waals surface area contributed by atoms with E-state index < -0.39 is 0 Å². The Hall–Kier alpha value is -2.39. The van der Waals surface area contributed by atoms with Crippen LogP contribution in [-0.2, 0) is 13.0 Å². The predicted molar refractivity (Wildman–Crippen MR) is 91.8 cm³/mol. The molecule has 0 spiro atoms. The Morgan fingerprint density at radius 2 is 1.83 bits per heavy atom. The number of benzene rings is 2. The zero-order chi connectivity index (χ0) is 15.8. The number of aromatic amines is 1. The van der Waals surface area contributed by atoms with Gasteiger partial charge in [-0.15, -0.1) is 0 Å². The van der Waals surface area contributed by atoms with E-state index in [2.05, 4.69) is 36.2 Å². The molecule has 0 saturated carbocycles. The van der Waals surface area contributed by atoms with Gasteiger partial charge in [-0.2, -0.15) is 0 Å². The van der Waals surface area contributed by atoms with Gasteiger partial charge in [-0.25, -0.2) is 0 Å². The van der Waals surface area contributed by atoms with Gasteiger partial charge in [0.1, 0.15) is 12.6 Å². The minimum atomic E-state index is -0.0254. The van der Waals surface area contributed by atoms with Gasteiger partial charge in [-0.1, -0.05) is 42.5 Å². The molecular formula is C20H21N2O+. The van der Waals surface area contributed by atoms with E-state index >= 15 is 0 Å². The molecule has 1 aromatic heterocycles. The molecule has 2 aromatic carbocycles. The summed E-state index contributed by atoms with van der Waals surface area (Å²) in [5, 5.41) is 1.03. The molecule has 3 nitrogen and oxygen atoms in total. The summed E-state index contributed by atoms with van der Waals surface area (Å²) in [6, 6.07) is 16.6. The van der Waals surface area contributed by atoms with Crippen LogP contribution in [0.4, 0.5) is 0 Å². The van der Waals surface area contributed by atoms with Gasteiger partial charge >= 0.3 is 0 Å². The first-order chi connectivity index (χ1) is 11.2. The van der Waals surface area contributed by atoms with Crippen LogP contribution in [0.15, 0.2) is 54.7 Å². The monoisotopic (exact) mass is 305 g/mol. The average molecular weight is 305 g/mol. The molecule has 23 heavy (non-hydrogen) atoms. The zero-order valence-electron chi connectivity index (χ0n) is 13.3. The highest BCUT2D eigenvalue weighted by atomic mass is 16.1. The van der Waals surface area contributed by atoms with Gasteiger partial charge in [0.25, 0.3) is 0 Å². The number of ketones is 1. The van der Waals surface area contributed by atoms with Crippen LogP contribution in [0.25, 0.3) is 10.9 Å². The van der Waals surface area contributed by atoms with Crippen LogP contribution in [0.2, 0.25) is 0 Å². The number of aromatic nitrogens is 1. The molecule has 2 atom stereocenters. The lowest BCUT2D eigenvalue weighted by Crippen LogP contribution is -3.16. The second kappa shape index (κ2) is 5.67. The van der Waals surface area contributed by atoms with Crippen LogP contribution in [0, 0.1) is 0 Å². The van der Waals surface area contributed by atoms with Gasteiger partial charge in [0.15, 0.2) is 0 Å². The fourth-order valence-electron chi connectivity index (χ4n) is 3.67. The second-order valence-electron chi connectivity index (χ2n) is 6.44. The summed E-state index contributed by atoms with van der Waals surface area (Å²) >= 11 is 0. The van der Waals surface area contributed by atoms with Gasteiger partial charge < -0.3 is 9.88 Å². The molecule has 1 aliphatic rings. The number of H-pyrrole nitrogens is 1. The van der Waals surface area contributed by atoms with Crippen molar-refractivity contribution >= 4 is 16.7 Å². The molecule has 2 N–H and O–H groups in total. The molecule has 2 heterocycles. The largest absolute Gasteiger partial charge is 0.360 e. The van der Waals surface area contributed by atoms with Crippen molar-refractivity contribution < 1.29 is 9.69 Å². The van der Waals surface area contributed by atoms with Gasteiger partial charge in [-0.05, 0) is 18.6 Å². The molecule has 0 aliphatic carbocycles. The maximum absolute atomic E-state index is 13.0. The molecule has 3 aromatic rings. The van der Waals surface area contributed by atoms with Gasteiger partial charge in [0.05, 0.1) is 6.54 Å². The van der Waals surface area contributed by atoms with Gasteiger partial charge in [0, 0.05) is 34.6 Å². The molecule has 4 rings (SSSR count). The number of para-hydroxylation sites is 1. The fourth-order valence-corrected chi connectivity index (χ4v) is 3.67. The first-order valence-electron chi connectivity index (χ1n) is 8.26. The SMILES string of the molecule is C[C@H](C(=O)c1c[nH]c2ccccc12)[NH+]1CCc2ccccc2C1. The molecule has 0 saturated heterocycles. The Balaban J connectivity index is 1.60. The van der Waals surface area contributed by atoms with Crippen LogP contribution in [-0.4, -0.2) is 23.4 Å². The summed E-state index contributed by atoms with van der Waals surface area (Å²) in [5.41, 5.74) is 4.66. The Bertz CT molecular complexity index is 865. The molecule has 1 unspecified atom stereocenters. The number of hydrogen-bond acceptors (Lipinski definition) is 1. The van der Waals surface area contributed by atoms with Crippen molar-refractivity contribution in [3.8, 4) is 0 Å². The van der Waals surface area contributed by atoms with Crippen molar-refractivity contribution in [1.82, 2.24) is 4.98 Å². The highest BCUT2D eigenvalue weighted by molar-refractivity contribution is 6.09. The Morgan fingerprint density at radius 3 is 2.70 bits per heavy atom. The highest BCUT2D eigenvalue weighted by Crippen LogP contribution is 2.19. The summed E-state index contributed by atoms with van der Waals surface area (Å²) < 4.78 is 0. The smallest absolute Gasteiger partial charge is 0.221 e. The van der Waals surface area contributed by atoms with Crippen molar-refractivity contribution in [3.63, 3.8) is 0 Å². The molecule has 0 amide bonds. The van der Waals surface area contributed by atoms with E-state index in [0.29, 0.717) is 0 Å². The number of fused-ring (bicyclic) bond motifs is 2. The van der Waals surface area contributed by atoms with E-state index in [4.69, 9.17) is 0 Å². The van der Waals surface area contributed by atoms with Crippen molar-refractivity contribution in [2.75, 3.05) is 6.54 Å². The first-order valence-corrected chi connectivity index (χ1v) is 8.26. The number of quaternary nitrogens is 1. The van der Waals surface area contributed by atoms with Gasteiger partial charge in [-0.3, -0.25) is 4.79 Å². The normalized spacial score (nSPS) is 18.6. The van der Waals surface area contributed by atoms with E-state index in [1.807, 2.05) is 30.5 Å². The van der Waals surface area contributed by atoms with Crippen LogP contribution >= 0.6 is 0 Å². The predicted octanol–water partition coefficient (Wildman–Crippen LogP) is 2.38. The van der Waals surface area contributed by atoms with Gasteiger partial charge in [0.2, 0.25) is 5.78 Å². The Kier molecular flexibility index (Phi) is 3.50. The number of carbonyl (C=O) groups excluding carboxylic acids is 1. The van der Waals surface area contributed by atoms with E-state index in [0.717, 1.165) is 36.0 Å². The summed E-state index contributed by atoms with van der Waals surface area (Å²) in [5.74, 6) is 0.233. The minimum Gasteiger partial charge on any atom is -0.360 e. The molecule has 0 bridgehead atoms. The fraction of sp³-hybridized carbons (Fsp3) is 0.250. The molecule has 0 fully saturated rings. The summed E-state index contributed by atoms with van der Waals surface area (Å²) in [7, 11) is 0. The van der Waals surface area contributed by atoms with Crippen molar-refractivity contribution in [2.45, 2.75) is 25.9 Å². The standard InChI is InChI=1S/C20H20N2O/c1-14(22-11-10-15-6-2-3-7-16(15)13-22)20(23)18-12-21-19-9-5-4-8-17(18)19/h2-9,12,14,21H,10-11,13H2,1H3/p+1/t14-/m1/s1. The third-order valence-electron chi connectivity index (χ3n) is 5.11. The molecule has 116 valence electrons. The Morgan fingerprint density at radius 1 is 1.09 bits per heavy atom. The van der Waals surface area contributed by atoms with Crippen LogP contribution in [0.1, 0.15) is 28.4 Å². The van der Waals surface area contributed by atoms with E-state index in [9.17, 15) is 4.79 Å². The zero-order valence-corrected chi connectivity index (χ0v) is 13.3. The third-order valence-corrected chi connectivity index (χ3v) is 5.11. The van der Waals surface area contributed by atoms with E-state index in [1.54, 1.807) is 0 Å². The van der Waals surface area contributed by atoms with E-state index in [-0.39, 0.29) is 11.8 Å². The quantitative estimate of drug-likeness (QED) is 0.716. The Labute approximate surface area is 135 Å². The number of Topliss-reactive ketones (excluding diaryl/α,β-unsaturated/α-hetero) is 1. The molecule has 3 heteroatoms. The average Bonchev–Trinajstić information content (AvgIpc) is 3.04.